The number of primary amides is 1. The van der Waals surface area contributed by atoms with E-state index in [0.29, 0.717) is 11.4 Å². The second-order valence-electron chi connectivity index (χ2n) is 5.02. The molecule has 0 radical (unpaired) electrons. The summed E-state index contributed by atoms with van der Waals surface area (Å²) in [6, 6.07) is 14.0. The minimum absolute atomic E-state index is 0.254. The van der Waals surface area contributed by atoms with E-state index in [1.807, 2.05) is 24.3 Å². The van der Waals surface area contributed by atoms with Gasteiger partial charge in [-0.25, -0.2) is 4.98 Å². The first-order valence-electron chi connectivity index (χ1n) is 7.23. The molecule has 0 aliphatic heterocycles. The number of para-hydroxylation sites is 3. The van der Waals surface area contributed by atoms with E-state index in [2.05, 4.69) is 15.3 Å². The van der Waals surface area contributed by atoms with Crippen molar-refractivity contribution in [3.63, 3.8) is 0 Å². The zero-order valence-corrected chi connectivity index (χ0v) is 12.6. The number of fused-ring (bicyclic) bond motifs is 1. The second kappa shape index (κ2) is 6.70. The highest BCUT2D eigenvalue weighted by molar-refractivity contribution is 6.07. The minimum Gasteiger partial charge on any atom is -0.366 e. The van der Waals surface area contributed by atoms with Gasteiger partial charge < -0.3 is 11.1 Å². The van der Waals surface area contributed by atoms with Crippen molar-refractivity contribution in [3.05, 3.63) is 72.1 Å². The summed E-state index contributed by atoms with van der Waals surface area (Å²) < 4.78 is 0. The Morgan fingerprint density at radius 3 is 2.50 bits per heavy atom. The molecule has 0 saturated heterocycles. The van der Waals surface area contributed by atoms with Crippen LogP contribution in [0.25, 0.3) is 17.1 Å². The number of hydrogen-bond donors (Lipinski definition) is 2. The number of nitrogens with two attached hydrogens (primary N) is 1. The Balaban J connectivity index is 1.76. The van der Waals surface area contributed by atoms with Gasteiger partial charge in [0, 0.05) is 6.08 Å². The fourth-order valence-electron chi connectivity index (χ4n) is 2.19. The molecule has 118 valence electrons. The predicted molar refractivity (Wildman–Crippen MR) is 92.2 cm³/mol. The molecule has 6 heteroatoms. The summed E-state index contributed by atoms with van der Waals surface area (Å²) in [4.78, 5) is 32.0. The first-order valence-corrected chi connectivity index (χ1v) is 7.23. The quantitative estimate of drug-likeness (QED) is 0.722. The van der Waals surface area contributed by atoms with Crippen molar-refractivity contribution >= 4 is 34.6 Å². The minimum atomic E-state index is -0.602. The maximum atomic E-state index is 12.0. The molecule has 2 amide bonds. The van der Waals surface area contributed by atoms with E-state index in [-0.39, 0.29) is 5.56 Å². The molecule has 3 aromatic rings. The van der Waals surface area contributed by atoms with E-state index in [1.165, 1.54) is 6.08 Å². The Kier molecular flexibility index (Phi) is 4.29. The lowest BCUT2D eigenvalue weighted by Crippen LogP contribution is -2.16. The van der Waals surface area contributed by atoms with Gasteiger partial charge in [-0.05, 0) is 30.3 Å². The Bertz CT molecular complexity index is 950. The lowest BCUT2D eigenvalue weighted by molar-refractivity contribution is -0.111. The molecule has 1 heterocycles. The third kappa shape index (κ3) is 3.44. The standard InChI is InChI=1S/C18H14N4O2/c19-18(24)13-5-1-2-6-14(13)22-17(23)10-9-12-11-20-15-7-3-4-8-16(15)21-12/h1-11H,(H2,19,24)(H,22,23). The molecule has 0 bridgehead atoms. The third-order valence-electron chi connectivity index (χ3n) is 3.32. The van der Waals surface area contributed by atoms with Gasteiger partial charge in [0.15, 0.2) is 0 Å². The van der Waals surface area contributed by atoms with Gasteiger partial charge in [0.2, 0.25) is 5.91 Å². The fraction of sp³-hybridized carbons (Fsp3) is 0. The molecule has 6 nitrogen and oxygen atoms in total. The fourth-order valence-corrected chi connectivity index (χ4v) is 2.19. The summed E-state index contributed by atoms with van der Waals surface area (Å²) in [7, 11) is 0. The maximum Gasteiger partial charge on any atom is 0.250 e. The summed E-state index contributed by atoms with van der Waals surface area (Å²) in [5.41, 5.74) is 8.00. The van der Waals surface area contributed by atoms with Gasteiger partial charge in [-0.1, -0.05) is 24.3 Å². The van der Waals surface area contributed by atoms with E-state index < -0.39 is 11.8 Å². The number of carbonyl (C=O) groups is 2. The molecule has 0 saturated carbocycles. The number of nitrogens with one attached hydrogen (secondary N) is 1. The van der Waals surface area contributed by atoms with Crippen molar-refractivity contribution in [2.24, 2.45) is 5.73 Å². The van der Waals surface area contributed by atoms with E-state index in [1.54, 1.807) is 36.5 Å². The van der Waals surface area contributed by atoms with Crippen molar-refractivity contribution in [1.29, 1.82) is 0 Å². The van der Waals surface area contributed by atoms with Gasteiger partial charge in [-0.3, -0.25) is 14.6 Å². The van der Waals surface area contributed by atoms with Gasteiger partial charge in [0.25, 0.3) is 5.91 Å². The topological polar surface area (TPSA) is 98.0 Å². The van der Waals surface area contributed by atoms with Crippen molar-refractivity contribution < 1.29 is 9.59 Å². The van der Waals surface area contributed by atoms with Gasteiger partial charge in [0.05, 0.1) is 34.2 Å². The number of carbonyl (C=O) groups excluding carboxylic acids is 2. The second-order valence-corrected chi connectivity index (χ2v) is 5.02. The molecule has 0 aliphatic carbocycles. The molecular weight excluding hydrogens is 304 g/mol. The van der Waals surface area contributed by atoms with Crippen LogP contribution in [0.3, 0.4) is 0 Å². The molecule has 24 heavy (non-hydrogen) atoms. The highest BCUT2D eigenvalue weighted by atomic mass is 16.2. The summed E-state index contributed by atoms with van der Waals surface area (Å²) in [6.07, 6.45) is 4.47. The van der Waals surface area contributed by atoms with Crippen LogP contribution in [0.4, 0.5) is 5.69 Å². The lowest BCUT2D eigenvalue weighted by atomic mass is 10.1. The summed E-state index contributed by atoms with van der Waals surface area (Å²) in [6.45, 7) is 0. The van der Waals surface area contributed by atoms with Gasteiger partial charge in [-0.2, -0.15) is 0 Å². The number of nitrogens with zero attached hydrogens (tertiary/aromatic N) is 2. The highest BCUT2D eigenvalue weighted by Crippen LogP contribution is 2.14. The molecule has 1 aromatic heterocycles. The Morgan fingerprint density at radius 1 is 1.00 bits per heavy atom. The van der Waals surface area contributed by atoms with E-state index in [0.717, 1.165) is 11.0 Å². The summed E-state index contributed by atoms with van der Waals surface area (Å²) >= 11 is 0. The SMILES string of the molecule is NC(=O)c1ccccc1NC(=O)C=Cc1cnc2ccccc2n1. The summed E-state index contributed by atoms with van der Waals surface area (Å²) in [5, 5.41) is 2.62. The number of benzene rings is 2. The Morgan fingerprint density at radius 2 is 1.71 bits per heavy atom. The first kappa shape index (κ1) is 15.4. The average Bonchev–Trinajstić information content (AvgIpc) is 2.60. The number of aromatic nitrogens is 2. The lowest BCUT2D eigenvalue weighted by Gasteiger charge is -2.06. The average molecular weight is 318 g/mol. The van der Waals surface area contributed by atoms with Gasteiger partial charge in [-0.15, -0.1) is 0 Å². The smallest absolute Gasteiger partial charge is 0.250 e. The van der Waals surface area contributed by atoms with Crippen molar-refractivity contribution in [2.45, 2.75) is 0 Å². The van der Waals surface area contributed by atoms with Crippen LogP contribution in [0.15, 0.2) is 60.8 Å². The first-order chi connectivity index (χ1) is 11.6. The normalized spacial score (nSPS) is 10.8. The third-order valence-corrected chi connectivity index (χ3v) is 3.32. The molecule has 3 rings (SSSR count). The van der Waals surface area contributed by atoms with Crippen LogP contribution in [0, 0.1) is 0 Å². The molecule has 0 spiro atoms. The van der Waals surface area contributed by atoms with Crippen molar-refractivity contribution in [3.8, 4) is 0 Å². The summed E-state index contributed by atoms with van der Waals surface area (Å²) in [5.74, 6) is -0.992. The zero-order chi connectivity index (χ0) is 16.9. The van der Waals surface area contributed by atoms with Crippen LogP contribution in [-0.4, -0.2) is 21.8 Å². The monoisotopic (exact) mass is 318 g/mol. The number of rotatable bonds is 4. The van der Waals surface area contributed by atoms with Crippen LogP contribution in [0.5, 0.6) is 0 Å². The van der Waals surface area contributed by atoms with Crippen molar-refractivity contribution in [1.82, 2.24) is 9.97 Å². The van der Waals surface area contributed by atoms with Crippen molar-refractivity contribution in [2.75, 3.05) is 5.32 Å². The molecule has 0 fully saturated rings. The number of anilines is 1. The molecule has 2 aromatic carbocycles. The van der Waals surface area contributed by atoms with E-state index in [4.69, 9.17) is 5.73 Å². The van der Waals surface area contributed by atoms with Crippen LogP contribution in [0.1, 0.15) is 16.1 Å². The Hall–Kier alpha value is -3.54. The molecule has 0 unspecified atom stereocenters. The van der Waals surface area contributed by atoms with E-state index >= 15 is 0 Å². The number of hydrogen-bond acceptors (Lipinski definition) is 4. The molecular formula is C18H14N4O2. The highest BCUT2D eigenvalue weighted by Gasteiger charge is 2.08. The van der Waals surface area contributed by atoms with E-state index in [9.17, 15) is 9.59 Å². The van der Waals surface area contributed by atoms with Crippen LogP contribution in [-0.2, 0) is 4.79 Å². The largest absolute Gasteiger partial charge is 0.366 e. The van der Waals surface area contributed by atoms with Crippen LogP contribution in [0.2, 0.25) is 0 Å². The van der Waals surface area contributed by atoms with Crippen LogP contribution >= 0.6 is 0 Å². The maximum absolute atomic E-state index is 12.0. The zero-order valence-electron chi connectivity index (χ0n) is 12.6. The Labute approximate surface area is 138 Å². The predicted octanol–water partition coefficient (Wildman–Crippen LogP) is 2.38. The van der Waals surface area contributed by atoms with Gasteiger partial charge >= 0.3 is 0 Å². The molecule has 0 aliphatic rings. The van der Waals surface area contributed by atoms with Crippen LogP contribution < -0.4 is 11.1 Å². The molecule has 3 N–H and O–H groups in total. The number of amides is 2. The molecule has 0 atom stereocenters. The van der Waals surface area contributed by atoms with Gasteiger partial charge in [0.1, 0.15) is 0 Å².